The summed E-state index contributed by atoms with van der Waals surface area (Å²) in [6, 6.07) is 1.04. The van der Waals surface area contributed by atoms with E-state index < -0.39 is 10.9 Å². The number of carbonyl (C=O) groups is 1. The molecule has 0 amide bonds. The SMILES string of the molecule is CCSCC(C)Nc1ncc([N+](=O)[O-])cc1C(=O)O. The molecule has 1 atom stereocenters. The second-order valence-electron chi connectivity index (χ2n) is 3.86. The van der Waals surface area contributed by atoms with Crippen molar-refractivity contribution in [2.24, 2.45) is 0 Å². The van der Waals surface area contributed by atoms with E-state index in [9.17, 15) is 14.9 Å². The first-order valence-electron chi connectivity index (χ1n) is 5.67. The molecule has 1 unspecified atom stereocenters. The molecule has 2 N–H and O–H groups in total. The maximum absolute atomic E-state index is 11.1. The van der Waals surface area contributed by atoms with Crippen molar-refractivity contribution in [1.29, 1.82) is 0 Å². The Bertz CT molecular complexity index is 481. The molecule has 1 aromatic rings. The number of nitrogens with one attached hydrogen (secondary N) is 1. The summed E-state index contributed by atoms with van der Waals surface area (Å²) in [7, 11) is 0. The van der Waals surface area contributed by atoms with E-state index in [2.05, 4.69) is 10.3 Å². The molecule has 0 aliphatic heterocycles. The number of nitrogens with zero attached hydrogens (tertiary/aromatic N) is 2. The summed E-state index contributed by atoms with van der Waals surface area (Å²) in [6.45, 7) is 3.93. The molecule has 7 nitrogen and oxygen atoms in total. The molecule has 104 valence electrons. The lowest BCUT2D eigenvalue weighted by Gasteiger charge is -2.15. The summed E-state index contributed by atoms with van der Waals surface area (Å²) in [5, 5.41) is 22.6. The van der Waals surface area contributed by atoms with Gasteiger partial charge in [0.2, 0.25) is 0 Å². The Kier molecular flexibility index (Phi) is 5.56. The highest BCUT2D eigenvalue weighted by atomic mass is 32.2. The van der Waals surface area contributed by atoms with Gasteiger partial charge in [-0.15, -0.1) is 0 Å². The molecule has 1 aromatic heterocycles. The van der Waals surface area contributed by atoms with Gasteiger partial charge in [0.1, 0.15) is 17.6 Å². The van der Waals surface area contributed by atoms with E-state index >= 15 is 0 Å². The van der Waals surface area contributed by atoms with Crippen LogP contribution < -0.4 is 5.32 Å². The van der Waals surface area contributed by atoms with Crippen molar-refractivity contribution in [2.75, 3.05) is 16.8 Å². The summed E-state index contributed by atoms with van der Waals surface area (Å²) in [5.41, 5.74) is -0.527. The van der Waals surface area contributed by atoms with E-state index in [1.165, 1.54) is 0 Å². The first kappa shape index (κ1) is 15.2. The van der Waals surface area contributed by atoms with Crippen LogP contribution in [0.4, 0.5) is 11.5 Å². The maximum atomic E-state index is 11.1. The predicted molar refractivity (Wildman–Crippen MR) is 73.9 cm³/mol. The van der Waals surface area contributed by atoms with Gasteiger partial charge in [0.15, 0.2) is 0 Å². The summed E-state index contributed by atoms with van der Waals surface area (Å²) in [4.78, 5) is 24.8. The molecule has 1 rings (SSSR count). The van der Waals surface area contributed by atoms with E-state index in [1.807, 2.05) is 13.8 Å². The number of rotatable bonds is 7. The minimum absolute atomic E-state index is 0.0250. The quantitative estimate of drug-likeness (QED) is 0.584. The molecule has 0 bridgehead atoms. The lowest BCUT2D eigenvalue weighted by atomic mass is 10.2. The van der Waals surface area contributed by atoms with Crippen LogP contribution in [-0.2, 0) is 0 Å². The summed E-state index contributed by atoms with van der Waals surface area (Å²) in [6.07, 6.45) is 1.05. The zero-order valence-corrected chi connectivity index (χ0v) is 11.4. The molecule has 1 heterocycles. The lowest BCUT2D eigenvalue weighted by Crippen LogP contribution is -2.21. The second kappa shape index (κ2) is 6.93. The van der Waals surface area contributed by atoms with Crippen LogP contribution in [0.5, 0.6) is 0 Å². The third-order valence-corrected chi connectivity index (χ3v) is 3.41. The number of carboxylic acids is 1. The van der Waals surface area contributed by atoms with Gasteiger partial charge in [0, 0.05) is 17.9 Å². The van der Waals surface area contributed by atoms with Crippen molar-refractivity contribution in [3.8, 4) is 0 Å². The smallest absolute Gasteiger partial charge is 0.339 e. The van der Waals surface area contributed by atoms with E-state index in [4.69, 9.17) is 5.11 Å². The normalized spacial score (nSPS) is 11.9. The Morgan fingerprint density at radius 2 is 2.37 bits per heavy atom. The molecule has 19 heavy (non-hydrogen) atoms. The molecule has 8 heteroatoms. The van der Waals surface area contributed by atoms with E-state index in [0.29, 0.717) is 0 Å². The third-order valence-electron chi connectivity index (χ3n) is 2.27. The van der Waals surface area contributed by atoms with E-state index in [0.717, 1.165) is 23.8 Å². The van der Waals surface area contributed by atoms with Crippen LogP contribution in [0.3, 0.4) is 0 Å². The molecule has 0 aliphatic carbocycles. The van der Waals surface area contributed by atoms with Crippen molar-refractivity contribution in [1.82, 2.24) is 4.98 Å². The fraction of sp³-hybridized carbons (Fsp3) is 0.455. The zero-order chi connectivity index (χ0) is 14.4. The summed E-state index contributed by atoms with van der Waals surface area (Å²) < 4.78 is 0. The zero-order valence-electron chi connectivity index (χ0n) is 10.6. The highest BCUT2D eigenvalue weighted by Crippen LogP contribution is 2.20. The number of carboxylic acid groups (broad SMARTS) is 1. The van der Waals surface area contributed by atoms with Gasteiger partial charge in [-0.3, -0.25) is 10.1 Å². The Morgan fingerprint density at radius 1 is 1.68 bits per heavy atom. The average molecular weight is 285 g/mol. The van der Waals surface area contributed by atoms with Gasteiger partial charge in [-0.1, -0.05) is 6.92 Å². The fourth-order valence-electron chi connectivity index (χ4n) is 1.40. The Labute approximate surface area is 114 Å². The highest BCUT2D eigenvalue weighted by molar-refractivity contribution is 7.99. The lowest BCUT2D eigenvalue weighted by molar-refractivity contribution is -0.385. The van der Waals surface area contributed by atoms with E-state index in [-0.39, 0.29) is 23.1 Å². The van der Waals surface area contributed by atoms with Gasteiger partial charge in [-0.2, -0.15) is 11.8 Å². The van der Waals surface area contributed by atoms with Gasteiger partial charge >= 0.3 is 5.97 Å². The molecular formula is C11H15N3O4S. The molecule has 0 saturated carbocycles. The number of nitro groups is 1. The Balaban J connectivity index is 2.94. The van der Waals surface area contributed by atoms with Crippen LogP contribution in [0.1, 0.15) is 24.2 Å². The molecule has 0 aliphatic rings. The van der Waals surface area contributed by atoms with Crippen LogP contribution in [0.25, 0.3) is 0 Å². The van der Waals surface area contributed by atoms with Crippen LogP contribution in [0.15, 0.2) is 12.3 Å². The molecular weight excluding hydrogens is 270 g/mol. The minimum atomic E-state index is -1.24. The van der Waals surface area contributed by atoms with Crippen molar-refractivity contribution in [3.63, 3.8) is 0 Å². The van der Waals surface area contributed by atoms with Gasteiger partial charge in [-0.05, 0) is 12.7 Å². The average Bonchev–Trinajstić information content (AvgIpc) is 2.36. The molecule has 0 radical (unpaired) electrons. The maximum Gasteiger partial charge on any atom is 0.339 e. The molecule has 0 aromatic carbocycles. The number of aromatic carboxylic acids is 1. The molecule has 0 saturated heterocycles. The molecule has 0 fully saturated rings. The van der Waals surface area contributed by atoms with Crippen molar-refractivity contribution >= 4 is 29.2 Å². The summed E-state index contributed by atoms with van der Waals surface area (Å²) >= 11 is 1.71. The van der Waals surface area contributed by atoms with Crippen LogP contribution in [0.2, 0.25) is 0 Å². The Hall–Kier alpha value is -1.83. The number of pyridine rings is 1. The highest BCUT2D eigenvalue weighted by Gasteiger charge is 2.18. The largest absolute Gasteiger partial charge is 0.478 e. The molecule has 0 spiro atoms. The number of hydrogen-bond acceptors (Lipinski definition) is 6. The van der Waals surface area contributed by atoms with Crippen LogP contribution >= 0.6 is 11.8 Å². The van der Waals surface area contributed by atoms with Crippen molar-refractivity contribution < 1.29 is 14.8 Å². The van der Waals surface area contributed by atoms with Gasteiger partial charge < -0.3 is 10.4 Å². The number of aromatic nitrogens is 1. The first-order valence-corrected chi connectivity index (χ1v) is 6.83. The first-order chi connectivity index (χ1) is 8.95. The minimum Gasteiger partial charge on any atom is -0.478 e. The predicted octanol–water partition coefficient (Wildman–Crippen LogP) is 2.24. The van der Waals surface area contributed by atoms with Gasteiger partial charge in [-0.25, -0.2) is 9.78 Å². The second-order valence-corrected chi connectivity index (χ2v) is 5.18. The van der Waals surface area contributed by atoms with Crippen LogP contribution in [0, 0.1) is 10.1 Å². The van der Waals surface area contributed by atoms with Gasteiger partial charge in [0.25, 0.3) is 5.69 Å². The summed E-state index contributed by atoms with van der Waals surface area (Å²) in [5.74, 6) is 0.677. The van der Waals surface area contributed by atoms with Crippen molar-refractivity contribution in [3.05, 3.63) is 27.9 Å². The van der Waals surface area contributed by atoms with Crippen molar-refractivity contribution in [2.45, 2.75) is 19.9 Å². The Morgan fingerprint density at radius 3 is 2.89 bits per heavy atom. The van der Waals surface area contributed by atoms with Gasteiger partial charge in [0.05, 0.1) is 4.92 Å². The monoisotopic (exact) mass is 285 g/mol. The standard InChI is InChI=1S/C11H15N3O4S/c1-3-19-6-7(2)13-10-9(11(15)16)4-8(5-12-10)14(17)18/h4-5,7H,3,6H2,1-2H3,(H,12,13)(H,15,16). The number of anilines is 1. The third kappa shape index (κ3) is 4.40. The topological polar surface area (TPSA) is 105 Å². The van der Waals surface area contributed by atoms with Crippen LogP contribution in [-0.4, -0.2) is 38.5 Å². The number of thioether (sulfide) groups is 1. The fourth-order valence-corrected chi connectivity index (χ4v) is 2.07. The van der Waals surface area contributed by atoms with E-state index in [1.54, 1.807) is 11.8 Å². The number of hydrogen-bond donors (Lipinski definition) is 2.